The number of ether oxygens (including phenoxy) is 1. The van der Waals surface area contributed by atoms with Crippen LogP contribution in [0.1, 0.15) is 39.9 Å². The number of hydrogen-bond acceptors (Lipinski definition) is 2. The quantitative estimate of drug-likeness (QED) is 0.154. The summed E-state index contributed by atoms with van der Waals surface area (Å²) in [6.45, 7) is 0.713. The van der Waals surface area contributed by atoms with Gasteiger partial charge in [0.1, 0.15) is 23.0 Å². The first kappa shape index (κ1) is 27.6. The number of alkyl halides is 3. The highest BCUT2D eigenvalue weighted by molar-refractivity contribution is 5.84. The molecule has 0 radical (unpaired) electrons. The van der Waals surface area contributed by atoms with Crippen LogP contribution in [0.15, 0.2) is 60.8 Å². The molecular weight excluding hydrogens is 504 g/mol. The molecule has 0 saturated heterocycles. The van der Waals surface area contributed by atoms with Crippen LogP contribution in [0.2, 0.25) is 0 Å². The molecule has 1 heterocycles. The Morgan fingerprint density at radius 2 is 1.45 bits per heavy atom. The number of methoxy groups -OCH3 is 1. The fourth-order valence-corrected chi connectivity index (χ4v) is 4.50. The maximum atomic E-state index is 15.2. The molecule has 0 aliphatic rings. The van der Waals surface area contributed by atoms with Gasteiger partial charge in [-0.05, 0) is 84.4 Å². The third-order valence-electron chi connectivity index (χ3n) is 6.54. The van der Waals surface area contributed by atoms with Crippen LogP contribution in [0, 0.1) is 17.5 Å². The third-order valence-corrected chi connectivity index (χ3v) is 6.54. The van der Waals surface area contributed by atoms with E-state index in [2.05, 4.69) is 11.1 Å². The predicted octanol–water partition coefficient (Wildman–Crippen LogP) is 7.82. The Kier molecular flexibility index (Phi) is 8.72. The zero-order valence-electron chi connectivity index (χ0n) is 20.8. The lowest BCUT2D eigenvalue weighted by Crippen LogP contribution is -2.12. The summed E-state index contributed by atoms with van der Waals surface area (Å²) in [5.41, 5.74) is 1.60. The highest BCUT2D eigenvalue weighted by Gasteiger charge is 2.37. The number of rotatable bonds is 10. The van der Waals surface area contributed by atoms with Crippen LogP contribution in [0.4, 0.5) is 26.3 Å². The maximum Gasteiger partial charge on any atom is 0.422 e. The normalized spacial score (nSPS) is 11.9. The molecular formula is C30H27F6NO. The molecule has 4 aromatic rings. The van der Waals surface area contributed by atoms with Crippen molar-refractivity contribution in [2.24, 2.45) is 0 Å². The van der Waals surface area contributed by atoms with Gasteiger partial charge in [0, 0.05) is 31.0 Å². The molecule has 0 N–H and O–H groups in total. The van der Waals surface area contributed by atoms with Crippen LogP contribution < -0.4 is 0 Å². The van der Waals surface area contributed by atoms with Gasteiger partial charge in [-0.25, -0.2) is 13.2 Å². The van der Waals surface area contributed by atoms with Crippen LogP contribution in [-0.4, -0.2) is 18.7 Å². The van der Waals surface area contributed by atoms with Crippen LogP contribution >= 0.6 is 0 Å². The van der Waals surface area contributed by atoms with Crippen molar-refractivity contribution in [3.63, 3.8) is 0 Å². The van der Waals surface area contributed by atoms with E-state index in [1.54, 1.807) is 25.3 Å². The van der Waals surface area contributed by atoms with Gasteiger partial charge in [0.25, 0.3) is 0 Å². The summed E-state index contributed by atoms with van der Waals surface area (Å²) in [5.74, 6) is -3.80. The molecule has 4 rings (SSSR count). The second kappa shape index (κ2) is 12.0. The van der Waals surface area contributed by atoms with Crippen molar-refractivity contribution in [3.05, 3.63) is 112 Å². The van der Waals surface area contributed by atoms with E-state index < -0.39 is 29.2 Å². The summed E-state index contributed by atoms with van der Waals surface area (Å²) in [6, 6.07) is 14.2. The largest absolute Gasteiger partial charge is 0.422 e. The van der Waals surface area contributed by atoms with Gasteiger partial charge in [-0.15, -0.1) is 0 Å². The Balaban J connectivity index is 1.40. The lowest BCUT2D eigenvalue weighted by atomic mass is 9.97. The zero-order valence-corrected chi connectivity index (χ0v) is 20.8. The van der Waals surface area contributed by atoms with E-state index in [-0.39, 0.29) is 18.4 Å². The van der Waals surface area contributed by atoms with Crippen LogP contribution in [0.5, 0.6) is 0 Å². The van der Waals surface area contributed by atoms with Crippen molar-refractivity contribution in [1.82, 2.24) is 4.98 Å². The minimum atomic E-state index is -5.12. The Morgan fingerprint density at radius 3 is 2.11 bits per heavy atom. The highest BCUT2D eigenvalue weighted by atomic mass is 19.4. The molecule has 2 nitrogen and oxygen atoms in total. The Labute approximate surface area is 217 Å². The molecule has 38 heavy (non-hydrogen) atoms. The van der Waals surface area contributed by atoms with E-state index in [9.17, 15) is 22.0 Å². The summed E-state index contributed by atoms with van der Waals surface area (Å²) in [7, 11) is 1.68. The van der Waals surface area contributed by atoms with Crippen molar-refractivity contribution in [1.29, 1.82) is 0 Å². The van der Waals surface area contributed by atoms with Crippen LogP contribution in [0.25, 0.3) is 10.8 Å². The van der Waals surface area contributed by atoms with E-state index in [4.69, 9.17) is 4.74 Å². The average Bonchev–Trinajstić information content (AvgIpc) is 2.87. The SMILES string of the molecule is COCCCc1ccc(CCc2ccc3c(F)c(CCc4cc(F)c(C(F)(F)F)c(F)c4)ccc3c2)nc1. The molecule has 0 saturated carbocycles. The van der Waals surface area contributed by atoms with Gasteiger partial charge in [0.2, 0.25) is 0 Å². The highest BCUT2D eigenvalue weighted by Crippen LogP contribution is 2.34. The van der Waals surface area contributed by atoms with E-state index in [1.165, 1.54) is 0 Å². The number of pyridine rings is 1. The van der Waals surface area contributed by atoms with E-state index in [0.717, 1.165) is 47.9 Å². The van der Waals surface area contributed by atoms with Crippen molar-refractivity contribution >= 4 is 10.8 Å². The zero-order chi connectivity index (χ0) is 27.3. The monoisotopic (exact) mass is 531 g/mol. The summed E-state index contributed by atoms with van der Waals surface area (Å²) in [4.78, 5) is 4.53. The summed E-state index contributed by atoms with van der Waals surface area (Å²) >= 11 is 0. The van der Waals surface area contributed by atoms with E-state index in [0.29, 0.717) is 29.7 Å². The first-order chi connectivity index (χ1) is 18.2. The Hall–Kier alpha value is -3.39. The standard InChI is InChI=1S/C30H27F6NO/c1-38-14-2-3-20-6-12-24(37-18-20)11-5-19-7-13-25-23(15-19)10-9-22(29(25)33)8-4-21-16-26(31)28(27(32)17-21)30(34,35)36/h6-7,9-10,12-13,15-18H,2-5,8,11,14H2,1H3. The van der Waals surface area contributed by atoms with E-state index in [1.807, 2.05) is 24.4 Å². The number of hydrogen-bond donors (Lipinski definition) is 0. The van der Waals surface area contributed by atoms with Gasteiger partial charge in [-0.3, -0.25) is 4.98 Å². The first-order valence-electron chi connectivity index (χ1n) is 12.3. The molecule has 0 atom stereocenters. The van der Waals surface area contributed by atoms with Gasteiger partial charge in [-0.2, -0.15) is 13.2 Å². The van der Waals surface area contributed by atoms with Crippen molar-refractivity contribution in [2.45, 2.75) is 44.7 Å². The van der Waals surface area contributed by atoms with Gasteiger partial charge < -0.3 is 4.74 Å². The van der Waals surface area contributed by atoms with E-state index >= 15 is 4.39 Å². The Bertz CT molecular complexity index is 1380. The topological polar surface area (TPSA) is 22.1 Å². The minimum absolute atomic E-state index is 0.00927. The number of fused-ring (bicyclic) bond motifs is 1. The molecule has 0 bridgehead atoms. The van der Waals surface area contributed by atoms with Crippen molar-refractivity contribution in [3.8, 4) is 0 Å². The third kappa shape index (κ3) is 6.72. The lowest BCUT2D eigenvalue weighted by Gasteiger charge is -2.12. The smallest absolute Gasteiger partial charge is 0.385 e. The molecule has 1 aromatic heterocycles. The molecule has 0 aliphatic heterocycles. The first-order valence-corrected chi connectivity index (χ1v) is 12.3. The molecule has 0 amide bonds. The molecule has 0 aliphatic carbocycles. The number of halogens is 6. The van der Waals surface area contributed by atoms with Crippen molar-refractivity contribution < 1.29 is 31.1 Å². The van der Waals surface area contributed by atoms with Crippen molar-refractivity contribution in [2.75, 3.05) is 13.7 Å². The number of benzene rings is 3. The van der Waals surface area contributed by atoms with Gasteiger partial charge in [0.05, 0.1) is 0 Å². The second-order valence-electron chi connectivity index (χ2n) is 9.28. The molecule has 0 fully saturated rings. The molecule has 3 aromatic carbocycles. The maximum absolute atomic E-state index is 15.2. The average molecular weight is 532 g/mol. The van der Waals surface area contributed by atoms with Crippen LogP contribution in [0.3, 0.4) is 0 Å². The summed E-state index contributed by atoms with van der Waals surface area (Å²) in [6.07, 6.45) is 0.171. The summed E-state index contributed by atoms with van der Waals surface area (Å²) in [5, 5.41) is 1.13. The fraction of sp³-hybridized carbons (Fsp3) is 0.300. The van der Waals surface area contributed by atoms with Gasteiger partial charge in [0.15, 0.2) is 0 Å². The second-order valence-corrected chi connectivity index (χ2v) is 9.28. The van der Waals surface area contributed by atoms with Crippen LogP contribution in [-0.2, 0) is 43.0 Å². The number of aryl methyl sites for hydroxylation is 5. The molecule has 0 spiro atoms. The molecule has 8 heteroatoms. The molecule has 0 unspecified atom stereocenters. The Morgan fingerprint density at radius 1 is 0.737 bits per heavy atom. The lowest BCUT2D eigenvalue weighted by molar-refractivity contribution is -0.142. The number of nitrogens with zero attached hydrogens (tertiary/aromatic N) is 1. The predicted molar refractivity (Wildman–Crippen MR) is 135 cm³/mol. The summed E-state index contributed by atoms with van der Waals surface area (Å²) < 4.78 is 86.3. The fourth-order valence-electron chi connectivity index (χ4n) is 4.50. The minimum Gasteiger partial charge on any atom is -0.385 e. The van der Waals surface area contributed by atoms with Gasteiger partial charge in [-0.1, -0.05) is 36.4 Å². The van der Waals surface area contributed by atoms with Gasteiger partial charge >= 0.3 is 6.18 Å². The molecule has 200 valence electrons. The number of aromatic nitrogens is 1.